The summed E-state index contributed by atoms with van der Waals surface area (Å²) in [5, 5.41) is 0. The third-order valence-corrected chi connectivity index (χ3v) is 4.80. The molecule has 4 nitrogen and oxygen atoms in total. The Morgan fingerprint density at radius 2 is 1.35 bits per heavy atom. The van der Waals surface area contributed by atoms with E-state index in [2.05, 4.69) is 14.0 Å². The van der Waals surface area contributed by atoms with Crippen LogP contribution in [0.5, 0.6) is 0 Å². The minimum Gasteiger partial charge on any atom is -0.741 e. The van der Waals surface area contributed by atoms with Crippen LogP contribution >= 0.6 is 0 Å². The molecule has 0 amide bonds. The van der Waals surface area contributed by atoms with E-state index >= 15 is 0 Å². The van der Waals surface area contributed by atoms with Crippen molar-refractivity contribution in [2.45, 2.75) is 70.2 Å². The molecule has 0 aromatic heterocycles. The van der Waals surface area contributed by atoms with Crippen molar-refractivity contribution in [2.75, 3.05) is 26.7 Å². The summed E-state index contributed by atoms with van der Waals surface area (Å²) in [7, 11) is -3.64. The first-order valence-corrected chi connectivity index (χ1v) is 9.78. The standard InChI is InChI=1S/C14H30N.CHF3O3S/c1-3-4-5-6-7-8-9-12-15(2)13-10-11-14-15;2-1(3,4)8(5,6)7/h3-14H2,1-2H3;(H,5,6,7)/q+1;/p-1. The minimum atomic E-state index is -6.09. The van der Waals surface area contributed by atoms with E-state index in [9.17, 15) is 13.2 Å². The molecule has 0 aliphatic carbocycles. The average molecular weight is 361 g/mol. The lowest BCUT2D eigenvalue weighted by molar-refractivity contribution is -0.897. The molecule has 0 saturated carbocycles. The molecule has 1 aliphatic heterocycles. The Balaban J connectivity index is 0.000000515. The number of alkyl halides is 3. The summed E-state index contributed by atoms with van der Waals surface area (Å²) in [6, 6.07) is 0. The second-order valence-corrected chi connectivity index (χ2v) is 7.89. The van der Waals surface area contributed by atoms with Crippen LogP contribution in [0.15, 0.2) is 0 Å². The van der Waals surface area contributed by atoms with Crippen molar-refractivity contribution in [3.05, 3.63) is 0 Å². The van der Waals surface area contributed by atoms with Gasteiger partial charge in [0.05, 0.1) is 26.7 Å². The number of likely N-dealkylation sites (tertiary alicyclic amines) is 1. The number of nitrogens with zero attached hydrogens (tertiary/aromatic N) is 1. The molecule has 1 saturated heterocycles. The third kappa shape index (κ3) is 10.9. The van der Waals surface area contributed by atoms with Gasteiger partial charge in [-0.1, -0.05) is 39.0 Å². The van der Waals surface area contributed by atoms with Gasteiger partial charge in [0.2, 0.25) is 0 Å². The third-order valence-electron chi connectivity index (χ3n) is 4.23. The van der Waals surface area contributed by atoms with Gasteiger partial charge >= 0.3 is 5.51 Å². The number of unbranched alkanes of at least 4 members (excludes halogenated alkanes) is 6. The first-order valence-electron chi connectivity index (χ1n) is 8.37. The lowest BCUT2D eigenvalue weighted by Gasteiger charge is -2.29. The van der Waals surface area contributed by atoms with Gasteiger partial charge in [-0.05, 0) is 12.8 Å². The first kappa shape index (κ1) is 22.7. The highest BCUT2D eigenvalue weighted by atomic mass is 32.2. The van der Waals surface area contributed by atoms with Gasteiger partial charge in [-0.2, -0.15) is 13.2 Å². The highest BCUT2D eigenvalue weighted by Gasteiger charge is 2.36. The highest BCUT2D eigenvalue weighted by Crippen LogP contribution is 2.20. The van der Waals surface area contributed by atoms with Crippen molar-refractivity contribution in [3.8, 4) is 0 Å². The Kier molecular flexibility index (Phi) is 10.4. The van der Waals surface area contributed by atoms with Gasteiger partial charge in [0, 0.05) is 12.8 Å². The number of rotatable bonds is 8. The van der Waals surface area contributed by atoms with Crippen molar-refractivity contribution in [3.63, 3.8) is 0 Å². The van der Waals surface area contributed by atoms with Crippen molar-refractivity contribution < 1.29 is 30.6 Å². The molecule has 140 valence electrons. The average Bonchev–Trinajstić information content (AvgIpc) is 2.83. The van der Waals surface area contributed by atoms with E-state index < -0.39 is 15.6 Å². The van der Waals surface area contributed by atoms with Crippen molar-refractivity contribution in [2.24, 2.45) is 0 Å². The van der Waals surface area contributed by atoms with Gasteiger partial charge in [0.1, 0.15) is 0 Å². The van der Waals surface area contributed by atoms with Crippen LogP contribution in [-0.4, -0.2) is 49.6 Å². The van der Waals surface area contributed by atoms with Gasteiger partial charge < -0.3 is 9.04 Å². The molecule has 1 fully saturated rings. The molecule has 8 heteroatoms. The molecule has 0 atom stereocenters. The van der Waals surface area contributed by atoms with E-state index in [-0.39, 0.29) is 0 Å². The maximum atomic E-state index is 10.7. The molecule has 0 bridgehead atoms. The Morgan fingerprint density at radius 1 is 0.957 bits per heavy atom. The van der Waals surface area contributed by atoms with Gasteiger partial charge in [-0.3, -0.25) is 0 Å². The fourth-order valence-corrected chi connectivity index (χ4v) is 2.77. The van der Waals surface area contributed by atoms with Crippen LogP contribution in [0.25, 0.3) is 0 Å². The molecule has 1 heterocycles. The largest absolute Gasteiger partial charge is 0.741 e. The molecule has 0 spiro atoms. The smallest absolute Gasteiger partial charge is 0.485 e. The van der Waals surface area contributed by atoms with Gasteiger partial charge in [-0.15, -0.1) is 0 Å². The first-order chi connectivity index (χ1) is 10.5. The lowest BCUT2D eigenvalue weighted by atomic mass is 10.1. The second kappa shape index (κ2) is 10.5. The van der Waals surface area contributed by atoms with Gasteiger partial charge in [0.25, 0.3) is 0 Å². The summed E-state index contributed by atoms with van der Waals surface area (Å²) in [6.07, 6.45) is 13.1. The summed E-state index contributed by atoms with van der Waals surface area (Å²) in [5.74, 6) is 0. The highest BCUT2D eigenvalue weighted by molar-refractivity contribution is 7.86. The van der Waals surface area contributed by atoms with Crippen LogP contribution in [0.3, 0.4) is 0 Å². The molecule has 23 heavy (non-hydrogen) atoms. The summed E-state index contributed by atoms with van der Waals surface area (Å²) in [5.41, 5.74) is -5.65. The number of halogens is 3. The molecule has 0 aromatic carbocycles. The van der Waals surface area contributed by atoms with Crippen LogP contribution in [0.2, 0.25) is 0 Å². The van der Waals surface area contributed by atoms with E-state index in [1.807, 2.05) is 0 Å². The van der Waals surface area contributed by atoms with E-state index in [4.69, 9.17) is 13.0 Å². The van der Waals surface area contributed by atoms with E-state index in [1.54, 1.807) is 0 Å². The van der Waals surface area contributed by atoms with E-state index in [1.165, 1.54) is 81.9 Å². The molecule has 0 radical (unpaired) electrons. The van der Waals surface area contributed by atoms with Crippen LogP contribution in [0.4, 0.5) is 13.2 Å². The fourth-order valence-electron chi connectivity index (χ4n) is 2.77. The predicted molar refractivity (Wildman–Crippen MR) is 83.8 cm³/mol. The zero-order chi connectivity index (χ0) is 18.0. The fraction of sp³-hybridized carbons (Fsp3) is 1.00. The predicted octanol–water partition coefficient (Wildman–Crippen LogP) is 4.03. The summed E-state index contributed by atoms with van der Waals surface area (Å²) >= 11 is 0. The maximum Gasteiger partial charge on any atom is 0.485 e. The Morgan fingerprint density at radius 3 is 1.74 bits per heavy atom. The zero-order valence-electron chi connectivity index (χ0n) is 14.2. The number of quaternary nitrogens is 1. The monoisotopic (exact) mass is 361 g/mol. The summed E-state index contributed by atoms with van der Waals surface area (Å²) < 4.78 is 60.3. The second-order valence-electron chi connectivity index (χ2n) is 6.52. The molecular formula is C15H30F3NO3S. The van der Waals surface area contributed by atoms with Crippen LogP contribution in [0.1, 0.15) is 64.7 Å². The summed E-state index contributed by atoms with van der Waals surface area (Å²) in [4.78, 5) is 0. The molecular weight excluding hydrogens is 331 g/mol. The van der Waals surface area contributed by atoms with Crippen LogP contribution < -0.4 is 0 Å². The van der Waals surface area contributed by atoms with Crippen molar-refractivity contribution >= 4 is 10.1 Å². The lowest BCUT2D eigenvalue weighted by Crippen LogP contribution is -2.41. The molecule has 1 rings (SSSR count). The van der Waals surface area contributed by atoms with Gasteiger partial charge in [-0.25, -0.2) is 8.42 Å². The molecule has 0 aromatic rings. The van der Waals surface area contributed by atoms with Crippen LogP contribution in [0, 0.1) is 0 Å². The quantitative estimate of drug-likeness (QED) is 0.284. The zero-order valence-corrected chi connectivity index (χ0v) is 15.0. The molecule has 1 aliphatic rings. The summed E-state index contributed by atoms with van der Waals surface area (Å²) in [6.45, 7) is 6.61. The Bertz CT molecular complexity index is 405. The Hall–Kier alpha value is -0.340. The van der Waals surface area contributed by atoms with Crippen LogP contribution in [-0.2, 0) is 10.1 Å². The van der Waals surface area contributed by atoms with Crippen molar-refractivity contribution in [1.82, 2.24) is 0 Å². The van der Waals surface area contributed by atoms with Crippen molar-refractivity contribution in [1.29, 1.82) is 0 Å². The molecule has 0 unspecified atom stereocenters. The Labute approximate surface area is 138 Å². The SMILES string of the molecule is CCCCCCCCC[N+]1(C)CCCC1.O=S(=O)([O-])C(F)(F)F. The number of hydrogen-bond acceptors (Lipinski definition) is 3. The van der Waals surface area contributed by atoms with E-state index in [0.29, 0.717) is 0 Å². The number of hydrogen-bond donors (Lipinski definition) is 0. The molecule has 0 N–H and O–H groups in total. The topological polar surface area (TPSA) is 57.2 Å². The maximum absolute atomic E-state index is 10.7. The van der Waals surface area contributed by atoms with Gasteiger partial charge in [0.15, 0.2) is 10.1 Å². The normalized spacial score (nSPS) is 17.7. The van der Waals surface area contributed by atoms with E-state index in [0.717, 1.165) is 0 Å². The minimum absolute atomic E-state index is 1.37.